The van der Waals surface area contributed by atoms with Crippen molar-refractivity contribution in [3.63, 3.8) is 0 Å². The summed E-state index contributed by atoms with van der Waals surface area (Å²) in [5, 5.41) is 2.83. The molecule has 0 bridgehead atoms. The van der Waals surface area contributed by atoms with Crippen molar-refractivity contribution in [1.29, 1.82) is 0 Å². The predicted molar refractivity (Wildman–Crippen MR) is 226 cm³/mol. The van der Waals surface area contributed by atoms with E-state index >= 15 is 4.57 Å². The zero-order valence-corrected chi connectivity index (χ0v) is 33.1. The maximum atomic E-state index is 17.0. The quantitative estimate of drug-likeness (QED) is 0.137. The van der Waals surface area contributed by atoms with E-state index in [0.717, 1.165) is 54.4 Å². The Kier molecular flexibility index (Phi) is 7.96. The number of hydrogen-bond acceptors (Lipinski definition) is 1. The van der Waals surface area contributed by atoms with Crippen LogP contribution in [0.1, 0.15) is 113 Å². The lowest BCUT2D eigenvalue weighted by Crippen LogP contribution is -2.31. The average molecular weight is 711 g/mol. The minimum Gasteiger partial charge on any atom is -0.309 e. The smallest absolute Gasteiger partial charge is 0.171 e. The normalized spacial score (nSPS) is 16.3. The Morgan fingerprint density at radius 1 is 0.340 bits per heavy atom. The fourth-order valence-corrected chi connectivity index (χ4v) is 14.1. The van der Waals surface area contributed by atoms with E-state index < -0.39 is 7.14 Å². The molecule has 0 fully saturated rings. The summed E-state index contributed by atoms with van der Waals surface area (Å²) in [6, 6.07) is 47.4. The zero-order chi connectivity index (χ0) is 36.8. The zero-order valence-electron chi connectivity index (χ0n) is 32.2. The van der Waals surface area contributed by atoms with Gasteiger partial charge in [-0.05, 0) is 123 Å². The second kappa shape index (κ2) is 12.3. The van der Waals surface area contributed by atoms with Gasteiger partial charge >= 0.3 is 0 Å². The highest BCUT2D eigenvalue weighted by Crippen LogP contribution is 2.58. The fourth-order valence-electron chi connectivity index (χ4n) is 11.4. The lowest BCUT2D eigenvalue weighted by molar-refractivity contribution is 0.490. The highest BCUT2D eigenvalue weighted by atomic mass is 31.2. The van der Waals surface area contributed by atoms with Gasteiger partial charge in [-0.2, -0.15) is 0 Å². The topological polar surface area (TPSA) is 17.1 Å². The van der Waals surface area contributed by atoms with Gasteiger partial charge in [0.2, 0.25) is 0 Å². The first kappa shape index (κ1) is 34.3. The van der Waals surface area contributed by atoms with Crippen LogP contribution in [0.5, 0.6) is 0 Å². The molecule has 3 aliphatic rings. The van der Waals surface area contributed by atoms with E-state index in [1.807, 2.05) is 0 Å². The fraction of sp³-hybridized carbons (Fsp3) is 0.294. The van der Waals surface area contributed by atoms with Crippen molar-refractivity contribution >= 4 is 23.1 Å². The van der Waals surface area contributed by atoms with Crippen molar-refractivity contribution in [2.75, 3.05) is 0 Å². The van der Waals surface area contributed by atoms with Crippen molar-refractivity contribution in [2.24, 2.45) is 0 Å². The van der Waals surface area contributed by atoms with Gasteiger partial charge in [-0.3, -0.25) is 0 Å². The summed E-state index contributed by atoms with van der Waals surface area (Å²) < 4.78 is 17.0. The summed E-state index contributed by atoms with van der Waals surface area (Å²) in [5.41, 5.74) is 15.7. The van der Waals surface area contributed by atoms with E-state index in [-0.39, 0.29) is 16.2 Å². The first-order valence-corrected chi connectivity index (χ1v) is 21.9. The van der Waals surface area contributed by atoms with Crippen molar-refractivity contribution in [3.8, 4) is 33.4 Å². The molecular weight excluding hydrogens is 660 g/mol. The molecule has 3 aliphatic carbocycles. The maximum absolute atomic E-state index is 17.0. The van der Waals surface area contributed by atoms with Crippen LogP contribution in [0.4, 0.5) is 0 Å². The Hall–Kier alpha value is -4.45. The molecule has 0 radical (unpaired) electrons. The van der Waals surface area contributed by atoms with Gasteiger partial charge in [0.25, 0.3) is 0 Å². The third kappa shape index (κ3) is 4.30. The van der Waals surface area contributed by atoms with Crippen LogP contribution >= 0.6 is 7.14 Å². The van der Waals surface area contributed by atoms with E-state index in [1.165, 1.54) is 66.8 Å². The Balaban J connectivity index is 1.33. The lowest BCUT2D eigenvalue weighted by atomic mass is 9.74. The molecule has 0 aliphatic heterocycles. The molecule has 0 N–H and O–H groups in total. The van der Waals surface area contributed by atoms with E-state index in [0.29, 0.717) is 0 Å². The molecule has 0 saturated heterocycles. The van der Waals surface area contributed by atoms with E-state index in [4.69, 9.17) is 0 Å². The van der Waals surface area contributed by atoms with Gasteiger partial charge in [-0.15, -0.1) is 0 Å². The summed E-state index contributed by atoms with van der Waals surface area (Å²) in [7, 11) is -3.39. The molecular formula is C51H51OP. The molecule has 6 aromatic rings. The van der Waals surface area contributed by atoms with Crippen LogP contribution in [-0.4, -0.2) is 0 Å². The second-order valence-corrected chi connectivity index (χ2v) is 18.6. The number of benzene rings is 6. The second-order valence-electron chi connectivity index (χ2n) is 15.8. The van der Waals surface area contributed by atoms with Gasteiger partial charge in [0.15, 0.2) is 7.14 Å². The van der Waals surface area contributed by atoms with E-state index in [1.54, 1.807) is 0 Å². The Morgan fingerprint density at radius 3 is 0.849 bits per heavy atom. The molecule has 0 unspecified atom stereocenters. The largest absolute Gasteiger partial charge is 0.309 e. The Bertz CT molecular complexity index is 2200. The summed E-state index contributed by atoms with van der Waals surface area (Å²) >= 11 is 0. The van der Waals surface area contributed by atoms with Crippen LogP contribution < -0.4 is 15.9 Å². The van der Waals surface area contributed by atoms with E-state index in [2.05, 4.69) is 169 Å². The molecule has 0 aromatic heterocycles. The SMILES string of the molecule is CCC1(CC)c2ccccc2-c2ccc(P(=O)(c3ccc4c(c3)C(CC)(CC)c3ccccc3-4)c3ccc4c(c3)C(CC)(CC)c3ccccc3-4)cc21. The molecule has 0 amide bonds. The number of fused-ring (bicyclic) bond motifs is 9. The Labute approximate surface area is 316 Å². The first-order valence-electron chi connectivity index (χ1n) is 20.2. The standard InChI is InChI=1S/C51H51OP/c1-7-49(8-2)43-22-16-13-19-37(43)40-28-25-34(31-46(40)49)53(52,35-26-29-41-38-20-14-17-23-44(38)50(9-3,10-4)47(41)32-35)36-27-30-42-39-21-15-18-24-45(39)51(11-5,12-6)48(42)33-36/h13-33H,7-12H2,1-6H3. The molecule has 1 nitrogen and oxygen atoms in total. The molecule has 53 heavy (non-hydrogen) atoms. The lowest BCUT2D eigenvalue weighted by Gasteiger charge is -2.32. The third-order valence-corrected chi connectivity index (χ3v) is 17.5. The molecule has 0 heterocycles. The van der Waals surface area contributed by atoms with Crippen LogP contribution in [0.2, 0.25) is 0 Å². The van der Waals surface area contributed by atoms with Gasteiger partial charge < -0.3 is 4.57 Å². The highest BCUT2D eigenvalue weighted by Gasteiger charge is 2.46. The number of hydrogen-bond donors (Lipinski definition) is 0. The summed E-state index contributed by atoms with van der Waals surface area (Å²) in [6.45, 7) is 13.9. The van der Waals surface area contributed by atoms with Gasteiger partial charge in [0.1, 0.15) is 0 Å². The van der Waals surface area contributed by atoms with Gasteiger partial charge in [-0.1, -0.05) is 151 Å². The van der Waals surface area contributed by atoms with Gasteiger partial charge in [-0.25, -0.2) is 0 Å². The maximum Gasteiger partial charge on any atom is 0.171 e. The predicted octanol–water partition coefficient (Wildman–Crippen LogP) is 12.6. The van der Waals surface area contributed by atoms with Crippen LogP contribution in [0, 0.1) is 0 Å². The number of rotatable bonds is 9. The molecule has 2 heteroatoms. The van der Waals surface area contributed by atoms with Gasteiger partial charge in [0.05, 0.1) is 0 Å². The first-order chi connectivity index (χ1) is 25.8. The molecule has 9 rings (SSSR count). The molecule has 6 aromatic carbocycles. The average Bonchev–Trinajstić information content (AvgIpc) is 3.79. The van der Waals surface area contributed by atoms with Gasteiger partial charge in [0, 0.05) is 32.2 Å². The molecule has 266 valence electrons. The van der Waals surface area contributed by atoms with Crippen molar-refractivity contribution < 1.29 is 4.57 Å². The minimum absolute atomic E-state index is 0.106. The molecule has 0 atom stereocenters. The van der Waals surface area contributed by atoms with Crippen molar-refractivity contribution in [3.05, 3.63) is 161 Å². The highest BCUT2D eigenvalue weighted by molar-refractivity contribution is 7.85. The third-order valence-electron chi connectivity index (χ3n) is 14.5. The minimum atomic E-state index is -3.39. The molecule has 0 saturated carbocycles. The van der Waals surface area contributed by atoms with Crippen molar-refractivity contribution in [2.45, 2.75) is 96.3 Å². The van der Waals surface area contributed by atoms with Crippen LogP contribution in [0.25, 0.3) is 33.4 Å². The summed E-state index contributed by atoms with van der Waals surface area (Å²) in [6.07, 6.45) is 6.00. The summed E-state index contributed by atoms with van der Waals surface area (Å²) in [4.78, 5) is 0. The monoisotopic (exact) mass is 710 g/mol. The van der Waals surface area contributed by atoms with Crippen LogP contribution in [-0.2, 0) is 20.8 Å². The van der Waals surface area contributed by atoms with E-state index in [9.17, 15) is 0 Å². The van der Waals surface area contributed by atoms with Crippen LogP contribution in [0.15, 0.2) is 127 Å². The van der Waals surface area contributed by atoms with Crippen LogP contribution in [0.3, 0.4) is 0 Å². The van der Waals surface area contributed by atoms with Crippen molar-refractivity contribution in [1.82, 2.24) is 0 Å². The molecule has 0 spiro atoms. The Morgan fingerprint density at radius 2 is 0.585 bits per heavy atom. The summed E-state index contributed by atoms with van der Waals surface area (Å²) in [5.74, 6) is 0.